The molecule has 1 atom stereocenters. The lowest BCUT2D eigenvalue weighted by molar-refractivity contribution is -0.138. The summed E-state index contributed by atoms with van der Waals surface area (Å²) in [6, 6.07) is 1.05. The Labute approximate surface area is 104 Å². The molecule has 0 aliphatic carbocycles. The van der Waals surface area contributed by atoms with Gasteiger partial charge in [0.25, 0.3) is 5.56 Å². The van der Waals surface area contributed by atoms with Crippen molar-refractivity contribution in [1.29, 1.82) is 0 Å². The van der Waals surface area contributed by atoms with Crippen LogP contribution in [0.25, 0.3) is 0 Å². The van der Waals surface area contributed by atoms with Crippen LogP contribution in [0.4, 0.5) is 0 Å². The number of aromatic amines is 1. The summed E-state index contributed by atoms with van der Waals surface area (Å²) in [6.45, 7) is 2.92. The van der Waals surface area contributed by atoms with E-state index in [0.717, 1.165) is 0 Å². The van der Waals surface area contributed by atoms with E-state index in [1.54, 1.807) is 11.8 Å². The number of rotatable bonds is 2. The largest absolute Gasteiger partial charge is 0.377 e. The highest BCUT2D eigenvalue weighted by atomic mass is 16.5. The van der Waals surface area contributed by atoms with Crippen LogP contribution < -0.4 is 11.3 Å². The normalized spacial score (nSPS) is 19.9. The minimum absolute atomic E-state index is 0.0569. The number of aromatic nitrogens is 2. The number of hydrogen-bond donors (Lipinski definition) is 2. The molecule has 0 bridgehead atoms. The zero-order valence-corrected chi connectivity index (χ0v) is 10.2. The molecule has 1 amide bonds. The highest BCUT2D eigenvalue weighted by molar-refractivity contribution is 5.78. The third-order valence-electron chi connectivity index (χ3n) is 2.84. The van der Waals surface area contributed by atoms with E-state index in [-0.39, 0.29) is 24.1 Å². The summed E-state index contributed by atoms with van der Waals surface area (Å²) in [6.07, 6.45) is 0. The molecule has 2 rings (SSSR count). The third-order valence-corrected chi connectivity index (χ3v) is 2.84. The molecule has 0 radical (unpaired) electrons. The molecule has 0 saturated carbocycles. The highest BCUT2D eigenvalue weighted by Gasteiger charge is 2.29. The van der Waals surface area contributed by atoms with Gasteiger partial charge in [0.2, 0.25) is 5.91 Å². The number of carbonyl (C=O) groups is 1. The van der Waals surface area contributed by atoms with Crippen molar-refractivity contribution in [3.8, 4) is 0 Å². The van der Waals surface area contributed by atoms with Crippen molar-refractivity contribution in [3.05, 3.63) is 27.9 Å². The first-order valence-corrected chi connectivity index (χ1v) is 5.77. The monoisotopic (exact) mass is 252 g/mol. The molecule has 2 heterocycles. The van der Waals surface area contributed by atoms with Gasteiger partial charge < -0.3 is 20.4 Å². The van der Waals surface area contributed by atoms with Crippen LogP contribution in [0, 0.1) is 6.92 Å². The molecule has 1 aliphatic rings. The van der Waals surface area contributed by atoms with Crippen molar-refractivity contribution in [2.75, 3.05) is 26.3 Å². The van der Waals surface area contributed by atoms with E-state index < -0.39 is 0 Å². The van der Waals surface area contributed by atoms with Crippen molar-refractivity contribution in [2.24, 2.45) is 5.73 Å². The summed E-state index contributed by atoms with van der Waals surface area (Å²) in [5, 5.41) is 0. The SMILES string of the molecule is Cc1nc([C@H]2COCCN2C(=O)CN)cc(=O)[nH]1. The van der Waals surface area contributed by atoms with E-state index in [2.05, 4.69) is 9.97 Å². The lowest BCUT2D eigenvalue weighted by atomic mass is 10.1. The second-order valence-corrected chi connectivity index (χ2v) is 4.14. The van der Waals surface area contributed by atoms with Crippen LogP contribution in [0.2, 0.25) is 0 Å². The lowest BCUT2D eigenvalue weighted by Gasteiger charge is -2.35. The molecule has 1 aromatic rings. The van der Waals surface area contributed by atoms with Crippen LogP contribution in [0.15, 0.2) is 10.9 Å². The van der Waals surface area contributed by atoms with Gasteiger partial charge in [0.15, 0.2) is 0 Å². The first kappa shape index (κ1) is 12.7. The van der Waals surface area contributed by atoms with E-state index >= 15 is 0 Å². The Balaban J connectivity index is 2.33. The van der Waals surface area contributed by atoms with Crippen LogP contribution in [-0.2, 0) is 9.53 Å². The van der Waals surface area contributed by atoms with Crippen molar-refractivity contribution in [2.45, 2.75) is 13.0 Å². The van der Waals surface area contributed by atoms with Gasteiger partial charge in [-0.2, -0.15) is 0 Å². The predicted octanol–water partition coefficient (Wildman–Crippen LogP) is -1.06. The minimum atomic E-state index is -0.337. The second-order valence-electron chi connectivity index (χ2n) is 4.14. The van der Waals surface area contributed by atoms with Crippen molar-refractivity contribution >= 4 is 5.91 Å². The maximum absolute atomic E-state index is 11.8. The number of amides is 1. The molecule has 98 valence electrons. The molecule has 1 aliphatic heterocycles. The van der Waals surface area contributed by atoms with Gasteiger partial charge in [-0.3, -0.25) is 9.59 Å². The smallest absolute Gasteiger partial charge is 0.251 e. The predicted molar refractivity (Wildman–Crippen MR) is 63.9 cm³/mol. The molecular formula is C11H16N4O3. The summed E-state index contributed by atoms with van der Waals surface area (Å²) < 4.78 is 5.35. The van der Waals surface area contributed by atoms with E-state index in [9.17, 15) is 9.59 Å². The van der Waals surface area contributed by atoms with Crippen LogP contribution in [-0.4, -0.2) is 47.1 Å². The lowest BCUT2D eigenvalue weighted by Crippen LogP contribution is -2.46. The van der Waals surface area contributed by atoms with Gasteiger partial charge in [0.05, 0.1) is 31.5 Å². The zero-order chi connectivity index (χ0) is 13.1. The Morgan fingerprint density at radius 2 is 2.50 bits per heavy atom. The molecule has 1 aromatic heterocycles. The maximum Gasteiger partial charge on any atom is 0.251 e. The van der Waals surface area contributed by atoms with Crippen molar-refractivity contribution in [3.63, 3.8) is 0 Å². The summed E-state index contributed by atoms with van der Waals surface area (Å²) in [5.41, 5.74) is 5.69. The van der Waals surface area contributed by atoms with Gasteiger partial charge >= 0.3 is 0 Å². The number of ether oxygens (including phenoxy) is 1. The molecule has 1 saturated heterocycles. The number of morpholine rings is 1. The van der Waals surface area contributed by atoms with Gasteiger partial charge in [-0.15, -0.1) is 0 Å². The molecular weight excluding hydrogens is 236 g/mol. The number of carbonyl (C=O) groups excluding carboxylic acids is 1. The van der Waals surface area contributed by atoms with Crippen molar-refractivity contribution in [1.82, 2.24) is 14.9 Å². The summed E-state index contributed by atoms with van der Waals surface area (Å²) in [5.74, 6) is 0.353. The van der Waals surface area contributed by atoms with E-state index in [1.807, 2.05) is 0 Å². The number of nitrogens with two attached hydrogens (primary N) is 1. The Morgan fingerprint density at radius 1 is 1.72 bits per heavy atom. The first-order chi connectivity index (χ1) is 8.61. The van der Waals surface area contributed by atoms with Gasteiger partial charge in [-0.1, -0.05) is 0 Å². The second kappa shape index (κ2) is 5.28. The fourth-order valence-electron chi connectivity index (χ4n) is 2.04. The molecule has 7 heteroatoms. The van der Waals surface area contributed by atoms with Crippen molar-refractivity contribution < 1.29 is 9.53 Å². The molecule has 3 N–H and O–H groups in total. The molecule has 18 heavy (non-hydrogen) atoms. The summed E-state index contributed by atoms with van der Waals surface area (Å²) in [4.78, 5) is 31.6. The highest BCUT2D eigenvalue weighted by Crippen LogP contribution is 2.21. The van der Waals surface area contributed by atoms with Gasteiger partial charge in [-0.05, 0) is 6.92 Å². The zero-order valence-electron chi connectivity index (χ0n) is 10.2. The molecule has 0 aromatic carbocycles. The number of aryl methyl sites for hydroxylation is 1. The molecule has 0 unspecified atom stereocenters. The fraction of sp³-hybridized carbons (Fsp3) is 0.545. The van der Waals surface area contributed by atoms with Gasteiger partial charge in [0.1, 0.15) is 5.82 Å². The average molecular weight is 252 g/mol. The average Bonchev–Trinajstić information content (AvgIpc) is 2.36. The van der Waals surface area contributed by atoms with Crippen LogP contribution >= 0.6 is 0 Å². The Kier molecular flexibility index (Phi) is 3.73. The standard InChI is InChI=1S/C11H16N4O3/c1-7-13-8(4-10(16)14-7)9-6-18-3-2-15(9)11(17)5-12/h4,9H,2-3,5-6,12H2,1H3,(H,13,14,16)/t9-/m1/s1. The summed E-state index contributed by atoms with van der Waals surface area (Å²) >= 11 is 0. The van der Waals surface area contributed by atoms with Crippen LogP contribution in [0.3, 0.4) is 0 Å². The number of nitrogens with zero attached hydrogens (tertiary/aromatic N) is 2. The van der Waals surface area contributed by atoms with Crippen LogP contribution in [0.1, 0.15) is 17.6 Å². The van der Waals surface area contributed by atoms with Gasteiger partial charge in [-0.25, -0.2) is 4.98 Å². The Hall–Kier alpha value is -1.73. The number of nitrogens with one attached hydrogen (secondary N) is 1. The molecule has 0 spiro atoms. The molecule has 7 nitrogen and oxygen atoms in total. The van der Waals surface area contributed by atoms with E-state index in [0.29, 0.717) is 31.3 Å². The van der Waals surface area contributed by atoms with E-state index in [4.69, 9.17) is 10.5 Å². The Morgan fingerprint density at radius 3 is 3.17 bits per heavy atom. The minimum Gasteiger partial charge on any atom is -0.377 e. The van der Waals surface area contributed by atoms with E-state index in [1.165, 1.54) is 6.07 Å². The third kappa shape index (κ3) is 2.57. The Bertz CT molecular complexity index is 499. The van der Waals surface area contributed by atoms with Gasteiger partial charge in [0, 0.05) is 12.6 Å². The number of H-pyrrole nitrogens is 1. The fourth-order valence-corrected chi connectivity index (χ4v) is 2.04. The quantitative estimate of drug-likeness (QED) is 0.698. The maximum atomic E-state index is 11.8. The first-order valence-electron chi connectivity index (χ1n) is 5.77. The van der Waals surface area contributed by atoms with Crippen LogP contribution in [0.5, 0.6) is 0 Å². The number of hydrogen-bond acceptors (Lipinski definition) is 5. The molecule has 1 fully saturated rings. The summed E-state index contributed by atoms with van der Waals surface area (Å²) in [7, 11) is 0. The topological polar surface area (TPSA) is 101 Å².